The molecule has 0 bridgehead atoms. The molecule has 0 spiro atoms. The third-order valence-corrected chi connectivity index (χ3v) is 6.80. The van der Waals surface area contributed by atoms with Gasteiger partial charge in [0.2, 0.25) is 0 Å². The largest absolute Gasteiger partial charge is 0.489 e. The molecule has 162 valence electrons. The minimum absolute atomic E-state index is 0.0455. The number of nitrogens with zero attached hydrogens (tertiary/aromatic N) is 2. The molecule has 0 unspecified atom stereocenters. The van der Waals surface area contributed by atoms with Gasteiger partial charge in [-0.3, -0.25) is 9.69 Å². The third-order valence-electron chi connectivity index (χ3n) is 5.41. The minimum atomic E-state index is -0.178. The minimum Gasteiger partial charge on any atom is -0.489 e. The third kappa shape index (κ3) is 5.45. The number of thiophene rings is 1. The normalized spacial score (nSPS) is 14.6. The average Bonchev–Trinajstić information content (AvgIpc) is 3.25. The fourth-order valence-electron chi connectivity index (χ4n) is 3.57. The zero-order valence-corrected chi connectivity index (χ0v) is 18.9. The maximum absolute atomic E-state index is 13.9. The van der Waals surface area contributed by atoms with Gasteiger partial charge < -0.3 is 9.64 Å². The standard InChI is InChI=1S/C24H24ClFN2O2S/c1-17-12-20(6-7-21(17)25)30-15-18-13-23(31-16-18)24(29)28-10-8-27(9-11-28)14-19-4-2-3-5-22(19)26/h2-7,12-13,16H,8-11,14-15H2,1H3. The van der Waals surface area contributed by atoms with Gasteiger partial charge in [0, 0.05) is 48.9 Å². The maximum Gasteiger partial charge on any atom is 0.264 e. The molecule has 0 saturated carbocycles. The number of aryl methyl sites for hydroxylation is 1. The van der Waals surface area contributed by atoms with E-state index in [1.165, 1.54) is 17.4 Å². The quantitative estimate of drug-likeness (QED) is 0.496. The van der Waals surface area contributed by atoms with Gasteiger partial charge >= 0.3 is 0 Å². The summed E-state index contributed by atoms with van der Waals surface area (Å²) in [7, 11) is 0. The molecule has 7 heteroatoms. The monoisotopic (exact) mass is 458 g/mol. The van der Waals surface area contributed by atoms with Gasteiger partial charge in [-0.1, -0.05) is 29.8 Å². The van der Waals surface area contributed by atoms with Crippen molar-refractivity contribution in [1.82, 2.24) is 9.80 Å². The molecule has 1 saturated heterocycles. The van der Waals surface area contributed by atoms with Crippen molar-refractivity contribution in [2.75, 3.05) is 26.2 Å². The second-order valence-electron chi connectivity index (χ2n) is 7.68. The summed E-state index contributed by atoms with van der Waals surface area (Å²) in [5.41, 5.74) is 2.63. The van der Waals surface area contributed by atoms with Crippen LogP contribution >= 0.6 is 22.9 Å². The van der Waals surface area contributed by atoms with Crippen molar-refractivity contribution in [3.63, 3.8) is 0 Å². The Bertz CT molecular complexity index is 1060. The van der Waals surface area contributed by atoms with E-state index in [2.05, 4.69) is 4.90 Å². The lowest BCUT2D eigenvalue weighted by molar-refractivity contribution is 0.0631. The number of hydrogen-bond donors (Lipinski definition) is 0. The molecule has 2 aromatic carbocycles. The van der Waals surface area contributed by atoms with Crippen LogP contribution in [0.15, 0.2) is 53.9 Å². The predicted octanol–water partition coefficient (Wildman–Crippen LogP) is 5.39. The first-order valence-electron chi connectivity index (χ1n) is 10.2. The van der Waals surface area contributed by atoms with Gasteiger partial charge in [-0.25, -0.2) is 4.39 Å². The highest BCUT2D eigenvalue weighted by atomic mass is 35.5. The number of carbonyl (C=O) groups excluding carboxylic acids is 1. The van der Waals surface area contributed by atoms with Crippen LogP contribution in [-0.2, 0) is 13.2 Å². The molecule has 1 fully saturated rings. The number of carbonyl (C=O) groups is 1. The van der Waals surface area contributed by atoms with Gasteiger partial charge in [0.25, 0.3) is 5.91 Å². The highest BCUT2D eigenvalue weighted by Crippen LogP contribution is 2.24. The van der Waals surface area contributed by atoms with Gasteiger partial charge in [-0.2, -0.15) is 0 Å². The summed E-state index contributed by atoms with van der Waals surface area (Å²) in [6, 6.07) is 14.3. The van der Waals surface area contributed by atoms with Crippen LogP contribution in [0.25, 0.3) is 0 Å². The van der Waals surface area contributed by atoms with E-state index in [4.69, 9.17) is 16.3 Å². The first-order chi connectivity index (χ1) is 15.0. The molecular formula is C24H24ClFN2O2S. The Kier molecular flexibility index (Phi) is 6.90. The van der Waals surface area contributed by atoms with Gasteiger partial charge in [0.05, 0.1) is 4.88 Å². The van der Waals surface area contributed by atoms with Crippen molar-refractivity contribution in [3.05, 3.63) is 86.3 Å². The molecule has 31 heavy (non-hydrogen) atoms. The van der Waals surface area contributed by atoms with Crippen LogP contribution in [0.4, 0.5) is 4.39 Å². The van der Waals surface area contributed by atoms with Crippen molar-refractivity contribution in [3.8, 4) is 5.75 Å². The Labute approximate surface area is 190 Å². The lowest BCUT2D eigenvalue weighted by atomic mass is 10.2. The summed E-state index contributed by atoms with van der Waals surface area (Å²) in [6.45, 7) is 5.66. The number of amides is 1. The van der Waals surface area contributed by atoms with Crippen molar-refractivity contribution in [1.29, 1.82) is 0 Å². The zero-order chi connectivity index (χ0) is 21.8. The molecule has 1 aliphatic rings. The smallest absolute Gasteiger partial charge is 0.264 e. The molecule has 4 nitrogen and oxygen atoms in total. The van der Waals surface area contributed by atoms with Crippen molar-refractivity contribution < 1.29 is 13.9 Å². The summed E-state index contributed by atoms with van der Waals surface area (Å²) in [6.07, 6.45) is 0. The first-order valence-corrected chi connectivity index (χ1v) is 11.5. The van der Waals surface area contributed by atoms with Gasteiger partial charge in [-0.15, -0.1) is 11.3 Å². The van der Waals surface area contributed by atoms with Crippen LogP contribution in [0.3, 0.4) is 0 Å². The van der Waals surface area contributed by atoms with Crippen molar-refractivity contribution in [2.45, 2.75) is 20.1 Å². The number of piperazine rings is 1. The van der Waals surface area contributed by atoms with Crippen LogP contribution in [0.2, 0.25) is 5.02 Å². The Balaban J connectivity index is 1.29. The van der Waals surface area contributed by atoms with E-state index < -0.39 is 0 Å². The molecule has 0 aliphatic carbocycles. The topological polar surface area (TPSA) is 32.8 Å². The Morgan fingerprint density at radius 3 is 2.65 bits per heavy atom. The Morgan fingerprint density at radius 1 is 1.13 bits per heavy atom. The molecule has 1 aliphatic heterocycles. The molecular weight excluding hydrogens is 435 g/mol. The number of hydrogen-bond acceptors (Lipinski definition) is 4. The van der Waals surface area contributed by atoms with Crippen molar-refractivity contribution in [2.24, 2.45) is 0 Å². The maximum atomic E-state index is 13.9. The van der Waals surface area contributed by atoms with E-state index in [0.29, 0.717) is 41.7 Å². The SMILES string of the molecule is Cc1cc(OCc2csc(C(=O)N3CCN(Cc4ccccc4F)CC3)c2)ccc1Cl. The van der Waals surface area contributed by atoms with Crippen molar-refractivity contribution >= 4 is 28.8 Å². The summed E-state index contributed by atoms with van der Waals surface area (Å²) >= 11 is 7.49. The summed E-state index contributed by atoms with van der Waals surface area (Å²) in [5, 5.41) is 2.68. The van der Waals surface area contributed by atoms with E-state index in [1.54, 1.807) is 6.07 Å². The summed E-state index contributed by atoms with van der Waals surface area (Å²) < 4.78 is 19.7. The highest BCUT2D eigenvalue weighted by Gasteiger charge is 2.23. The van der Waals surface area contributed by atoms with Crippen LogP contribution < -0.4 is 4.74 Å². The lowest BCUT2D eigenvalue weighted by Crippen LogP contribution is -2.48. The number of ether oxygens (including phenoxy) is 1. The lowest BCUT2D eigenvalue weighted by Gasteiger charge is -2.34. The van der Waals surface area contributed by atoms with E-state index in [-0.39, 0.29) is 11.7 Å². The van der Waals surface area contributed by atoms with Crippen LogP contribution in [-0.4, -0.2) is 41.9 Å². The molecule has 2 heterocycles. The Hall–Kier alpha value is -2.41. The molecule has 3 aromatic rings. The fraction of sp³-hybridized carbons (Fsp3) is 0.292. The molecule has 1 amide bonds. The summed E-state index contributed by atoms with van der Waals surface area (Å²) in [4.78, 5) is 17.7. The van der Waals surface area contributed by atoms with Crippen LogP contribution in [0.5, 0.6) is 5.75 Å². The van der Waals surface area contributed by atoms with E-state index >= 15 is 0 Å². The van der Waals surface area contributed by atoms with E-state index in [1.807, 2.05) is 53.6 Å². The second kappa shape index (κ2) is 9.81. The summed E-state index contributed by atoms with van der Waals surface area (Å²) in [5.74, 6) is 0.624. The van der Waals surface area contributed by atoms with Gasteiger partial charge in [0.15, 0.2) is 0 Å². The Morgan fingerprint density at radius 2 is 1.90 bits per heavy atom. The molecule has 0 atom stereocenters. The number of benzene rings is 2. The molecule has 1 aromatic heterocycles. The van der Waals surface area contributed by atoms with Crippen LogP contribution in [0, 0.1) is 12.7 Å². The fourth-order valence-corrected chi connectivity index (χ4v) is 4.55. The number of rotatable bonds is 6. The molecule has 0 radical (unpaired) electrons. The average molecular weight is 459 g/mol. The zero-order valence-electron chi connectivity index (χ0n) is 17.3. The second-order valence-corrected chi connectivity index (χ2v) is 9.00. The van der Waals surface area contributed by atoms with E-state index in [0.717, 1.165) is 30.0 Å². The van der Waals surface area contributed by atoms with Crippen LogP contribution in [0.1, 0.15) is 26.4 Å². The molecule has 4 rings (SSSR count). The van der Waals surface area contributed by atoms with E-state index in [9.17, 15) is 9.18 Å². The predicted molar refractivity (Wildman–Crippen MR) is 122 cm³/mol. The first kappa shape index (κ1) is 21.8. The number of halogens is 2. The van der Waals surface area contributed by atoms with Gasteiger partial charge in [0.1, 0.15) is 18.2 Å². The van der Waals surface area contributed by atoms with Gasteiger partial charge in [-0.05, 0) is 48.2 Å². The highest BCUT2D eigenvalue weighted by molar-refractivity contribution is 7.12. The molecule has 0 N–H and O–H groups in total.